The molecule has 3 amide bonds. The SMILES string of the molecule is CCOc1cc(/C=C2/SC(=O)N(CC(=O)Nc3cc(C)ccc3C)C2=O)cc(I)c1OCC(=O)OC. The molecule has 1 aliphatic rings. The number of esters is 1. The Morgan fingerprint density at radius 1 is 1.14 bits per heavy atom. The first-order valence-corrected chi connectivity index (χ1v) is 12.8. The largest absolute Gasteiger partial charge is 0.490 e. The predicted molar refractivity (Wildman–Crippen MR) is 145 cm³/mol. The smallest absolute Gasteiger partial charge is 0.343 e. The summed E-state index contributed by atoms with van der Waals surface area (Å²) in [7, 11) is 1.27. The molecule has 0 bridgehead atoms. The Hall–Kier alpha value is -3.06. The maximum atomic E-state index is 12.9. The second-order valence-corrected chi connectivity index (χ2v) is 9.92. The van der Waals surface area contributed by atoms with Crippen molar-refractivity contribution in [3.8, 4) is 11.5 Å². The molecule has 0 aliphatic carbocycles. The van der Waals surface area contributed by atoms with Crippen LogP contribution in [0.15, 0.2) is 35.2 Å². The van der Waals surface area contributed by atoms with E-state index in [2.05, 4.69) is 10.1 Å². The fourth-order valence-electron chi connectivity index (χ4n) is 3.26. The first kappa shape index (κ1) is 27.5. The van der Waals surface area contributed by atoms with E-state index in [0.29, 0.717) is 32.9 Å². The van der Waals surface area contributed by atoms with Crippen LogP contribution in [0.1, 0.15) is 23.6 Å². The highest BCUT2D eigenvalue weighted by molar-refractivity contribution is 14.1. The van der Waals surface area contributed by atoms with Crippen LogP contribution in [0.5, 0.6) is 11.5 Å². The molecular formula is C25H25IN2O7S. The van der Waals surface area contributed by atoms with Crippen LogP contribution >= 0.6 is 34.4 Å². The van der Waals surface area contributed by atoms with E-state index in [1.54, 1.807) is 25.1 Å². The highest BCUT2D eigenvalue weighted by Crippen LogP contribution is 2.37. The van der Waals surface area contributed by atoms with Crippen LogP contribution in [0, 0.1) is 17.4 Å². The van der Waals surface area contributed by atoms with Crippen LogP contribution in [0.25, 0.3) is 6.08 Å². The van der Waals surface area contributed by atoms with Gasteiger partial charge in [-0.2, -0.15) is 0 Å². The van der Waals surface area contributed by atoms with Crippen molar-refractivity contribution in [2.75, 3.05) is 32.2 Å². The van der Waals surface area contributed by atoms with Gasteiger partial charge in [-0.1, -0.05) is 12.1 Å². The first-order chi connectivity index (χ1) is 17.1. The van der Waals surface area contributed by atoms with Crippen molar-refractivity contribution in [1.82, 2.24) is 4.90 Å². The van der Waals surface area contributed by atoms with Crippen molar-refractivity contribution in [2.24, 2.45) is 0 Å². The minimum absolute atomic E-state index is 0.181. The molecule has 0 unspecified atom stereocenters. The number of aryl methyl sites for hydroxylation is 2. The number of halogens is 1. The molecule has 3 rings (SSSR count). The van der Waals surface area contributed by atoms with Crippen molar-refractivity contribution < 1.29 is 33.4 Å². The third-order valence-corrected chi connectivity index (χ3v) is 6.74. The van der Waals surface area contributed by atoms with Gasteiger partial charge in [0.2, 0.25) is 5.91 Å². The summed E-state index contributed by atoms with van der Waals surface area (Å²) in [5, 5.41) is 2.24. The average Bonchev–Trinajstić information content (AvgIpc) is 3.08. The Morgan fingerprint density at radius 3 is 2.58 bits per heavy atom. The standard InChI is InChI=1S/C25H25IN2O7S/c1-5-34-19-10-16(9-17(26)23(19)35-13-22(30)33-4)11-20-24(31)28(25(32)36-20)12-21(29)27-18-8-14(2)6-7-15(18)3/h6-11H,5,12-13H2,1-4H3,(H,27,29)/b20-11+. The van der Waals surface area contributed by atoms with E-state index in [4.69, 9.17) is 9.47 Å². The number of amides is 3. The summed E-state index contributed by atoms with van der Waals surface area (Å²) in [5.41, 5.74) is 3.09. The molecule has 0 radical (unpaired) electrons. The van der Waals surface area contributed by atoms with Crippen molar-refractivity contribution in [2.45, 2.75) is 20.8 Å². The molecule has 36 heavy (non-hydrogen) atoms. The van der Waals surface area contributed by atoms with E-state index in [0.717, 1.165) is 27.8 Å². The molecule has 2 aromatic carbocycles. The van der Waals surface area contributed by atoms with Gasteiger partial charge in [0.1, 0.15) is 6.54 Å². The molecule has 1 heterocycles. The quantitative estimate of drug-likeness (QED) is 0.246. The lowest BCUT2D eigenvalue weighted by Crippen LogP contribution is -2.36. The first-order valence-electron chi connectivity index (χ1n) is 10.9. The van der Waals surface area contributed by atoms with Crippen LogP contribution in [-0.2, 0) is 19.1 Å². The molecule has 190 valence electrons. The number of ether oxygens (including phenoxy) is 3. The summed E-state index contributed by atoms with van der Waals surface area (Å²) in [6, 6.07) is 9.03. The monoisotopic (exact) mass is 624 g/mol. The lowest BCUT2D eigenvalue weighted by Gasteiger charge is -2.14. The summed E-state index contributed by atoms with van der Waals surface area (Å²) in [4.78, 5) is 50.6. The summed E-state index contributed by atoms with van der Waals surface area (Å²) in [6.07, 6.45) is 1.56. The van der Waals surface area contributed by atoms with Crippen LogP contribution < -0.4 is 14.8 Å². The minimum atomic E-state index is -0.555. The highest BCUT2D eigenvalue weighted by atomic mass is 127. The number of rotatable bonds is 9. The lowest BCUT2D eigenvalue weighted by molar-refractivity contribution is -0.143. The van der Waals surface area contributed by atoms with Gasteiger partial charge in [-0.05, 0) is 96.1 Å². The Labute approximate surface area is 226 Å². The van der Waals surface area contributed by atoms with Gasteiger partial charge in [-0.25, -0.2) is 4.79 Å². The van der Waals surface area contributed by atoms with Crippen molar-refractivity contribution in [1.29, 1.82) is 0 Å². The normalized spacial score (nSPS) is 14.2. The number of nitrogens with one attached hydrogen (secondary N) is 1. The second kappa shape index (κ2) is 12.3. The fourth-order valence-corrected chi connectivity index (χ4v) is 4.88. The van der Waals surface area contributed by atoms with Gasteiger partial charge in [-0.15, -0.1) is 0 Å². The molecular weight excluding hydrogens is 599 g/mol. The molecule has 1 saturated heterocycles. The molecule has 1 fully saturated rings. The number of thioether (sulfide) groups is 1. The van der Waals surface area contributed by atoms with E-state index in [-0.39, 0.29) is 11.5 Å². The number of carbonyl (C=O) groups is 4. The number of anilines is 1. The average molecular weight is 624 g/mol. The number of imide groups is 1. The molecule has 0 atom stereocenters. The third-order valence-electron chi connectivity index (χ3n) is 5.03. The van der Waals surface area contributed by atoms with Crippen molar-refractivity contribution >= 4 is 69.1 Å². The van der Waals surface area contributed by atoms with Crippen LogP contribution in [0.3, 0.4) is 0 Å². The number of carbonyl (C=O) groups excluding carboxylic acids is 4. The molecule has 11 heteroatoms. The zero-order valence-corrected chi connectivity index (χ0v) is 23.2. The Balaban J connectivity index is 1.77. The Bertz CT molecular complexity index is 1250. The Kier molecular flexibility index (Phi) is 9.37. The van der Waals surface area contributed by atoms with Crippen molar-refractivity contribution in [3.63, 3.8) is 0 Å². The molecule has 1 N–H and O–H groups in total. The van der Waals surface area contributed by atoms with Crippen LogP contribution in [-0.4, -0.2) is 54.8 Å². The van der Waals surface area contributed by atoms with Gasteiger partial charge in [0, 0.05) is 5.69 Å². The number of hydrogen-bond acceptors (Lipinski definition) is 8. The number of methoxy groups -OCH3 is 1. The molecule has 9 nitrogen and oxygen atoms in total. The van der Waals surface area contributed by atoms with E-state index in [1.165, 1.54) is 7.11 Å². The summed E-state index contributed by atoms with van der Waals surface area (Å²) in [6.45, 7) is 5.25. The topological polar surface area (TPSA) is 111 Å². The Morgan fingerprint density at radius 2 is 1.89 bits per heavy atom. The summed E-state index contributed by atoms with van der Waals surface area (Å²) < 4.78 is 16.5. The van der Waals surface area contributed by atoms with Gasteiger partial charge in [0.25, 0.3) is 11.1 Å². The number of benzene rings is 2. The molecule has 2 aromatic rings. The zero-order valence-electron chi connectivity index (χ0n) is 20.2. The van der Waals surface area contributed by atoms with E-state index in [1.807, 2.05) is 54.6 Å². The van der Waals surface area contributed by atoms with Gasteiger partial charge >= 0.3 is 5.97 Å². The summed E-state index contributed by atoms with van der Waals surface area (Å²) >= 11 is 2.79. The van der Waals surface area contributed by atoms with E-state index >= 15 is 0 Å². The van der Waals surface area contributed by atoms with Crippen LogP contribution in [0.4, 0.5) is 10.5 Å². The van der Waals surface area contributed by atoms with Gasteiger partial charge in [-0.3, -0.25) is 19.3 Å². The number of hydrogen-bond donors (Lipinski definition) is 1. The summed E-state index contributed by atoms with van der Waals surface area (Å²) in [5.74, 6) is -0.803. The van der Waals surface area contributed by atoms with Gasteiger partial charge in [0.15, 0.2) is 18.1 Å². The molecule has 0 saturated carbocycles. The van der Waals surface area contributed by atoms with E-state index < -0.39 is 29.6 Å². The number of nitrogens with zero attached hydrogens (tertiary/aromatic N) is 1. The van der Waals surface area contributed by atoms with Gasteiger partial charge in [0.05, 0.1) is 22.2 Å². The van der Waals surface area contributed by atoms with Crippen LogP contribution in [0.2, 0.25) is 0 Å². The lowest BCUT2D eigenvalue weighted by atomic mass is 10.1. The maximum absolute atomic E-state index is 12.9. The van der Waals surface area contributed by atoms with Gasteiger partial charge < -0.3 is 19.5 Å². The fraction of sp³-hybridized carbons (Fsp3) is 0.280. The predicted octanol–water partition coefficient (Wildman–Crippen LogP) is 4.53. The zero-order chi connectivity index (χ0) is 26.4. The minimum Gasteiger partial charge on any atom is -0.490 e. The van der Waals surface area contributed by atoms with Crippen molar-refractivity contribution in [3.05, 3.63) is 55.5 Å². The third kappa shape index (κ3) is 6.78. The molecule has 0 aromatic heterocycles. The van der Waals surface area contributed by atoms with E-state index in [9.17, 15) is 19.2 Å². The molecule has 0 spiro atoms. The maximum Gasteiger partial charge on any atom is 0.343 e. The second-order valence-electron chi connectivity index (χ2n) is 7.76. The molecule has 1 aliphatic heterocycles. The highest BCUT2D eigenvalue weighted by Gasteiger charge is 2.36.